The quantitative estimate of drug-likeness (QED) is 0.531. The van der Waals surface area contributed by atoms with E-state index in [4.69, 9.17) is 9.59 Å². The van der Waals surface area contributed by atoms with Crippen LogP contribution in [0.5, 0.6) is 0 Å². The van der Waals surface area contributed by atoms with E-state index < -0.39 is 10.5 Å². The molecular weight excluding hydrogens is 232 g/mol. The van der Waals surface area contributed by atoms with Gasteiger partial charge in [-0.15, -0.1) is 0 Å². The van der Waals surface area contributed by atoms with Crippen LogP contribution >= 0.6 is 25.3 Å². The van der Waals surface area contributed by atoms with Gasteiger partial charge in [0, 0.05) is 0 Å². The molecule has 0 saturated heterocycles. The van der Waals surface area contributed by atoms with Gasteiger partial charge >= 0.3 is 0 Å². The first-order valence-corrected chi connectivity index (χ1v) is 4.33. The van der Waals surface area contributed by atoms with E-state index in [1.165, 1.54) is 0 Å². The van der Waals surface area contributed by atoms with E-state index in [0.29, 0.717) is 0 Å². The highest BCUT2D eigenvalue weighted by atomic mass is 32.1. The van der Waals surface area contributed by atoms with Gasteiger partial charge in [-0.3, -0.25) is 9.59 Å². The molecule has 6 heteroatoms. The van der Waals surface area contributed by atoms with Gasteiger partial charge in [0.2, 0.25) is 0 Å². The monoisotopic (exact) mass is 248 g/mol. The number of carbonyl (C=O) groups excluding carboxylic acids is 2. The van der Waals surface area contributed by atoms with Crippen molar-refractivity contribution in [2.24, 2.45) is 11.5 Å². The highest BCUT2D eigenvalue weighted by molar-refractivity contribution is 7.96. The number of thiol groups is 2. The van der Waals surface area contributed by atoms with Crippen molar-refractivity contribution in [1.29, 1.82) is 0 Å². The molecule has 0 radical (unpaired) electrons. The fraction of sp³-hybridized carbons (Fsp3) is 0.111. The van der Waals surface area contributed by atoms with Gasteiger partial charge in [-0.2, -0.15) is 0 Å². The van der Waals surface area contributed by atoms with Crippen LogP contribution in [-0.4, -0.2) is 10.5 Å². The molecule has 0 aliphatic heterocycles. The molecule has 4 N–H and O–H groups in total. The van der Waals surface area contributed by atoms with Crippen LogP contribution in [0.2, 0.25) is 0 Å². The lowest BCUT2D eigenvalue weighted by atomic mass is 10.4. The zero-order valence-electron chi connectivity index (χ0n) is 7.33. The zero-order chi connectivity index (χ0) is 11.4. The predicted molar refractivity (Wildman–Crippen MR) is 70.3 cm³/mol. The van der Waals surface area contributed by atoms with Crippen LogP contribution < -0.4 is 11.5 Å². The van der Waals surface area contributed by atoms with Gasteiger partial charge in [-0.25, -0.2) is 0 Å². The van der Waals surface area contributed by atoms with Crippen LogP contribution in [0.25, 0.3) is 0 Å². The van der Waals surface area contributed by atoms with Gasteiger partial charge in [-0.05, 0) is 0 Å². The highest BCUT2D eigenvalue weighted by Gasteiger charge is 1.63. The average molecular weight is 248 g/mol. The maximum atomic E-state index is 9.09. The molecule has 15 heavy (non-hydrogen) atoms. The van der Waals surface area contributed by atoms with E-state index in [-0.39, 0.29) is 7.43 Å². The molecule has 1 aromatic carbocycles. The summed E-state index contributed by atoms with van der Waals surface area (Å²) < 4.78 is 0. The molecule has 0 saturated carbocycles. The van der Waals surface area contributed by atoms with Crippen LogP contribution in [0.1, 0.15) is 7.43 Å². The van der Waals surface area contributed by atoms with Crippen molar-refractivity contribution >= 4 is 35.7 Å². The van der Waals surface area contributed by atoms with Crippen molar-refractivity contribution < 1.29 is 9.59 Å². The van der Waals surface area contributed by atoms with Gasteiger partial charge in [-0.1, -0.05) is 69.1 Å². The molecule has 2 amide bonds. The number of primary amides is 2. The second-order valence-electron chi connectivity index (χ2n) is 1.83. The molecule has 0 fully saturated rings. The third-order valence-electron chi connectivity index (χ3n) is 0.667. The average Bonchev–Trinajstić information content (AvgIpc) is 2.05. The smallest absolute Gasteiger partial charge is 0.273 e. The molecule has 0 atom stereocenters. The number of rotatable bonds is 0. The van der Waals surface area contributed by atoms with E-state index in [9.17, 15) is 0 Å². The summed E-state index contributed by atoms with van der Waals surface area (Å²) in [6.07, 6.45) is 0. The van der Waals surface area contributed by atoms with Crippen LogP contribution in [0.3, 0.4) is 0 Å². The Kier molecular flexibility index (Phi) is 19.9. The molecule has 86 valence electrons. The van der Waals surface area contributed by atoms with Crippen LogP contribution in [0.4, 0.5) is 9.59 Å². The SMILES string of the molecule is C.NC(=O)S.NC(=O)S.c1ccccc1. The summed E-state index contributed by atoms with van der Waals surface area (Å²) in [4.78, 5) is 18.2. The van der Waals surface area contributed by atoms with Gasteiger partial charge in [0.05, 0.1) is 0 Å². The van der Waals surface area contributed by atoms with E-state index in [2.05, 4.69) is 36.7 Å². The minimum absolute atomic E-state index is 0. The lowest BCUT2D eigenvalue weighted by Crippen LogP contribution is -1.95. The second-order valence-corrected chi connectivity index (χ2v) is 2.71. The van der Waals surface area contributed by atoms with Crippen molar-refractivity contribution in [3.8, 4) is 0 Å². The number of hydrogen-bond donors (Lipinski definition) is 4. The van der Waals surface area contributed by atoms with Crippen molar-refractivity contribution in [1.82, 2.24) is 0 Å². The largest absolute Gasteiger partial charge is 0.361 e. The van der Waals surface area contributed by atoms with Crippen molar-refractivity contribution in [3.63, 3.8) is 0 Å². The minimum Gasteiger partial charge on any atom is -0.361 e. The van der Waals surface area contributed by atoms with Gasteiger partial charge in [0.1, 0.15) is 0 Å². The Morgan fingerprint density at radius 2 is 0.800 bits per heavy atom. The fourth-order valence-corrected chi connectivity index (χ4v) is 0.385. The normalized spacial score (nSPS) is 6.53. The summed E-state index contributed by atoms with van der Waals surface area (Å²) in [5.41, 5.74) is 8.67. The van der Waals surface area contributed by atoms with Crippen molar-refractivity contribution in [2.45, 2.75) is 7.43 Å². The third kappa shape index (κ3) is 64.2. The molecule has 0 aliphatic carbocycles. The van der Waals surface area contributed by atoms with Crippen LogP contribution in [0.15, 0.2) is 36.4 Å². The summed E-state index contributed by atoms with van der Waals surface area (Å²) in [6, 6.07) is 12.0. The highest BCUT2D eigenvalue weighted by Crippen LogP contribution is 1.79. The first kappa shape index (κ1) is 19.4. The summed E-state index contributed by atoms with van der Waals surface area (Å²) in [5.74, 6) is 0. The molecule has 1 rings (SSSR count). The van der Waals surface area contributed by atoms with Gasteiger partial charge < -0.3 is 11.5 Å². The Labute approximate surface area is 101 Å². The summed E-state index contributed by atoms with van der Waals surface area (Å²) in [6.45, 7) is 0. The summed E-state index contributed by atoms with van der Waals surface area (Å²) >= 11 is 6.21. The Hall–Kier alpha value is -1.14. The molecule has 1 aromatic rings. The molecule has 0 spiro atoms. The number of hydrogen-bond acceptors (Lipinski definition) is 2. The fourth-order valence-electron chi connectivity index (χ4n) is 0.385. The first-order chi connectivity index (χ1) is 6.46. The standard InChI is InChI=1S/C6H6.2CH3NOS.CH4/c1-2-4-6-5-3-1;2*2-1(3)4;/h1-6H;2*(H3,2,3,4);1H4. The van der Waals surface area contributed by atoms with Gasteiger partial charge in [0.15, 0.2) is 0 Å². The van der Waals surface area contributed by atoms with E-state index >= 15 is 0 Å². The zero-order valence-corrected chi connectivity index (χ0v) is 9.12. The lowest BCUT2D eigenvalue weighted by Gasteiger charge is -1.69. The number of carbonyl (C=O) groups is 2. The summed E-state index contributed by atoms with van der Waals surface area (Å²) in [7, 11) is 0. The molecule has 0 aromatic heterocycles. The number of benzene rings is 1. The Bertz CT molecular complexity index is 209. The molecule has 4 nitrogen and oxygen atoms in total. The van der Waals surface area contributed by atoms with Crippen LogP contribution in [0, 0.1) is 0 Å². The third-order valence-corrected chi connectivity index (χ3v) is 0.667. The molecule has 0 bridgehead atoms. The van der Waals surface area contributed by atoms with E-state index in [1.54, 1.807) is 0 Å². The van der Waals surface area contributed by atoms with Crippen molar-refractivity contribution in [2.75, 3.05) is 0 Å². The molecule has 0 aliphatic rings. The number of amides is 2. The van der Waals surface area contributed by atoms with E-state index in [1.807, 2.05) is 36.4 Å². The maximum Gasteiger partial charge on any atom is 0.273 e. The molecule has 0 unspecified atom stereocenters. The Balaban J connectivity index is -0.000000145. The minimum atomic E-state index is -0.639. The van der Waals surface area contributed by atoms with E-state index in [0.717, 1.165) is 0 Å². The lowest BCUT2D eigenvalue weighted by molar-refractivity contribution is 0.266. The molecule has 0 heterocycles. The van der Waals surface area contributed by atoms with Crippen molar-refractivity contribution in [3.05, 3.63) is 36.4 Å². The topological polar surface area (TPSA) is 86.2 Å². The first-order valence-electron chi connectivity index (χ1n) is 3.43. The Morgan fingerprint density at radius 1 is 0.733 bits per heavy atom. The maximum absolute atomic E-state index is 9.09. The number of nitrogens with two attached hydrogens (primary N) is 2. The molecular formula is C9H16N2O2S2. The van der Waals surface area contributed by atoms with Crippen LogP contribution in [-0.2, 0) is 0 Å². The summed E-state index contributed by atoms with van der Waals surface area (Å²) in [5, 5.41) is -1.28. The van der Waals surface area contributed by atoms with Gasteiger partial charge in [0.25, 0.3) is 10.5 Å². The second kappa shape index (κ2) is 15.3. The predicted octanol–water partition coefficient (Wildman–Crippen LogP) is 2.31. The Morgan fingerprint density at radius 3 is 0.867 bits per heavy atom.